The maximum absolute atomic E-state index is 10.7. The average molecular weight is 224 g/mol. The van der Waals surface area contributed by atoms with Crippen LogP contribution in [0.15, 0.2) is 18.2 Å². The lowest BCUT2D eigenvalue weighted by molar-refractivity contribution is -0.147. The molecule has 0 spiro atoms. The maximum atomic E-state index is 10.7. The van der Waals surface area contributed by atoms with Gasteiger partial charge in [0.05, 0.1) is 0 Å². The molecule has 2 N–H and O–H groups in total. The summed E-state index contributed by atoms with van der Waals surface area (Å²) in [6, 6.07) is 5.21. The SMILES string of the molecule is CC(c1cccc2c1OCO2)C(O)C(=O)O. The third kappa shape index (κ3) is 1.69. The largest absolute Gasteiger partial charge is 0.479 e. The standard InChI is InChI=1S/C11H12O5/c1-6(9(12)11(13)14)7-3-2-4-8-10(7)16-5-15-8/h2-4,6,9,12H,5H2,1H3,(H,13,14). The van der Waals surface area contributed by atoms with Gasteiger partial charge in [-0.05, 0) is 6.07 Å². The van der Waals surface area contributed by atoms with Crippen LogP contribution in [-0.4, -0.2) is 29.1 Å². The first-order valence-electron chi connectivity index (χ1n) is 4.90. The predicted molar refractivity (Wildman–Crippen MR) is 54.6 cm³/mol. The highest BCUT2D eigenvalue weighted by Crippen LogP contribution is 2.39. The molecule has 0 aromatic heterocycles. The Kier molecular flexibility index (Phi) is 2.70. The molecule has 1 heterocycles. The Morgan fingerprint density at radius 2 is 2.19 bits per heavy atom. The minimum atomic E-state index is -1.45. The van der Waals surface area contributed by atoms with Crippen LogP contribution in [0.4, 0.5) is 0 Å². The van der Waals surface area contributed by atoms with Gasteiger partial charge in [0.25, 0.3) is 0 Å². The molecule has 0 amide bonds. The third-order valence-corrected chi connectivity index (χ3v) is 2.64. The molecular weight excluding hydrogens is 212 g/mol. The van der Waals surface area contributed by atoms with E-state index in [1.165, 1.54) is 0 Å². The van der Waals surface area contributed by atoms with Crippen molar-refractivity contribution in [1.29, 1.82) is 0 Å². The number of aliphatic carboxylic acids is 1. The number of rotatable bonds is 3. The first kappa shape index (κ1) is 10.8. The summed E-state index contributed by atoms with van der Waals surface area (Å²) < 4.78 is 10.4. The van der Waals surface area contributed by atoms with E-state index in [-0.39, 0.29) is 6.79 Å². The van der Waals surface area contributed by atoms with Crippen LogP contribution in [-0.2, 0) is 4.79 Å². The molecule has 5 heteroatoms. The number of carbonyl (C=O) groups is 1. The highest BCUT2D eigenvalue weighted by atomic mass is 16.7. The van der Waals surface area contributed by atoms with E-state index in [0.717, 1.165) is 0 Å². The number of aliphatic hydroxyl groups excluding tert-OH is 1. The number of para-hydroxylation sites is 1. The Morgan fingerprint density at radius 3 is 2.88 bits per heavy atom. The molecule has 5 nitrogen and oxygen atoms in total. The van der Waals surface area contributed by atoms with Gasteiger partial charge in [0.1, 0.15) is 0 Å². The van der Waals surface area contributed by atoms with E-state index in [9.17, 15) is 9.90 Å². The second kappa shape index (κ2) is 4.02. The van der Waals surface area contributed by atoms with Crippen molar-refractivity contribution >= 4 is 5.97 Å². The Bertz CT molecular complexity index is 415. The molecule has 0 radical (unpaired) electrons. The fourth-order valence-electron chi connectivity index (χ4n) is 1.70. The van der Waals surface area contributed by atoms with Gasteiger partial charge in [-0.25, -0.2) is 4.79 Å². The van der Waals surface area contributed by atoms with Gasteiger partial charge in [0, 0.05) is 11.5 Å². The van der Waals surface area contributed by atoms with Gasteiger partial charge in [-0.2, -0.15) is 0 Å². The van der Waals surface area contributed by atoms with Crippen LogP contribution >= 0.6 is 0 Å². The van der Waals surface area contributed by atoms with Gasteiger partial charge >= 0.3 is 5.97 Å². The Balaban J connectivity index is 2.34. The van der Waals surface area contributed by atoms with Crippen LogP contribution in [0.3, 0.4) is 0 Å². The lowest BCUT2D eigenvalue weighted by Gasteiger charge is -2.16. The zero-order valence-electron chi connectivity index (χ0n) is 8.71. The molecule has 1 aliphatic heterocycles. The summed E-state index contributed by atoms with van der Waals surface area (Å²) in [4.78, 5) is 10.7. The number of carboxylic acids is 1. The van der Waals surface area contributed by atoms with Crippen molar-refractivity contribution < 1.29 is 24.5 Å². The quantitative estimate of drug-likeness (QED) is 0.799. The van der Waals surface area contributed by atoms with Crippen LogP contribution in [0.1, 0.15) is 18.4 Å². The maximum Gasteiger partial charge on any atom is 0.333 e. The number of benzene rings is 1. The lowest BCUT2D eigenvalue weighted by Crippen LogP contribution is -2.26. The van der Waals surface area contributed by atoms with E-state index in [1.807, 2.05) is 0 Å². The first-order chi connectivity index (χ1) is 7.61. The van der Waals surface area contributed by atoms with Gasteiger partial charge < -0.3 is 19.7 Å². The smallest absolute Gasteiger partial charge is 0.333 e. The van der Waals surface area contributed by atoms with Crippen molar-refractivity contribution in [2.45, 2.75) is 18.9 Å². The molecule has 86 valence electrons. The zero-order chi connectivity index (χ0) is 11.7. The molecular formula is C11H12O5. The van der Waals surface area contributed by atoms with Crippen LogP contribution in [0.5, 0.6) is 11.5 Å². The van der Waals surface area contributed by atoms with Gasteiger partial charge in [0.15, 0.2) is 17.6 Å². The summed E-state index contributed by atoms with van der Waals surface area (Å²) in [6.45, 7) is 1.76. The van der Waals surface area contributed by atoms with E-state index in [4.69, 9.17) is 14.6 Å². The number of hydrogen-bond acceptors (Lipinski definition) is 4. The van der Waals surface area contributed by atoms with E-state index in [2.05, 4.69) is 0 Å². The number of carboxylic acid groups (broad SMARTS) is 1. The lowest BCUT2D eigenvalue weighted by atomic mass is 9.94. The number of ether oxygens (including phenoxy) is 2. The predicted octanol–water partition coefficient (Wildman–Crippen LogP) is 0.964. The van der Waals surface area contributed by atoms with Gasteiger partial charge in [-0.3, -0.25) is 0 Å². The van der Waals surface area contributed by atoms with E-state index < -0.39 is 18.0 Å². The van der Waals surface area contributed by atoms with Crippen LogP contribution < -0.4 is 9.47 Å². The molecule has 2 atom stereocenters. The average Bonchev–Trinajstić information content (AvgIpc) is 2.74. The highest BCUT2D eigenvalue weighted by Gasteiger charge is 2.28. The summed E-state index contributed by atoms with van der Waals surface area (Å²) in [5.74, 6) is -0.685. The van der Waals surface area contributed by atoms with Crippen molar-refractivity contribution in [3.63, 3.8) is 0 Å². The van der Waals surface area contributed by atoms with Gasteiger partial charge in [-0.15, -0.1) is 0 Å². The van der Waals surface area contributed by atoms with Crippen molar-refractivity contribution in [2.75, 3.05) is 6.79 Å². The summed E-state index contributed by atoms with van der Waals surface area (Å²) in [7, 11) is 0. The second-order valence-electron chi connectivity index (χ2n) is 3.65. The molecule has 2 rings (SSSR count). The monoisotopic (exact) mass is 224 g/mol. The van der Waals surface area contributed by atoms with E-state index in [1.54, 1.807) is 25.1 Å². The Labute approximate surface area is 92.2 Å². The summed E-state index contributed by atoms with van der Waals surface area (Å²) in [5.41, 5.74) is 0.643. The highest BCUT2D eigenvalue weighted by molar-refractivity contribution is 5.73. The zero-order valence-corrected chi connectivity index (χ0v) is 8.71. The molecule has 1 aromatic rings. The summed E-state index contributed by atoms with van der Waals surface area (Å²) >= 11 is 0. The van der Waals surface area contributed by atoms with Gasteiger partial charge in [-0.1, -0.05) is 19.1 Å². The van der Waals surface area contributed by atoms with Crippen molar-refractivity contribution in [2.24, 2.45) is 0 Å². The molecule has 2 unspecified atom stereocenters. The molecule has 1 aromatic carbocycles. The van der Waals surface area contributed by atoms with E-state index in [0.29, 0.717) is 17.1 Å². The summed E-state index contributed by atoms with van der Waals surface area (Å²) in [6.07, 6.45) is -1.45. The molecule has 0 saturated heterocycles. The van der Waals surface area contributed by atoms with Crippen molar-refractivity contribution in [3.8, 4) is 11.5 Å². The van der Waals surface area contributed by atoms with Crippen molar-refractivity contribution in [1.82, 2.24) is 0 Å². The third-order valence-electron chi connectivity index (χ3n) is 2.64. The number of aliphatic hydroxyl groups is 1. The molecule has 16 heavy (non-hydrogen) atoms. The Hall–Kier alpha value is -1.75. The van der Waals surface area contributed by atoms with Crippen LogP contribution in [0, 0.1) is 0 Å². The normalized spacial score (nSPS) is 16.9. The van der Waals surface area contributed by atoms with Crippen LogP contribution in [0.2, 0.25) is 0 Å². The topological polar surface area (TPSA) is 76.0 Å². The molecule has 0 saturated carbocycles. The second-order valence-corrected chi connectivity index (χ2v) is 3.65. The minimum Gasteiger partial charge on any atom is -0.479 e. The van der Waals surface area contributed by atoms with E-state index >= 15 is 0 Å². The summed E-state index contributed by atoms with van der Waals surface area (Å²) in [5, 5.41) is 18.2. The minimum absolute atomic E-state index is 0.127. The molecule has 0 aliphatic carbocycles. The van der Waals surface area contributed by atoms with Crippen molar-refractivity contribution in [3.05, 3.63) is 23.8 Å². The molecule has 0 fully saturated rings. The fraction of sp³-hybridized carbons (Fsp3) is 0.364. The molecule has 0 bridgehead atoms. The number of fused-ring (bicyclic) bond motifs is 1. The van der Waals surface area contributed by atoms with Gasteiger partial charge in [0.2, 0.25) is 6.79 Å². The Morgan fingerprint density at radius 1 is 1.44 bits per heavy atom. The first-order valence-corrected chi connectivity index (χ1v) is 4.90. The fourth-order valence-corrected chi connectivity index (χ4v) is 1.70. The molecule has 1 aliphatic rings. The van der Waals surface area contributed by atoms with Crippen LogP contribution in [0.25, 0.3) is 0 Å². The number of hydrogen-bond donors (Lipinski definition) is 2.